The minimum absolute atomic E-state index is 0.260. The molecule has 0 saturated heterocycles. The molecule has 0 aliphatic heterocycles. The summed E-state index contributed by atoms with van der Waals surface area (Å²) in [5.41, 5.74) is 0.260. The summed E-state index contributed by atoms with van der Waals surface area (Å²) in [4.78, 5) is 7.38. The fourth-order valence-corrected chi connectivity index (χ4v) is 0.432. The van der Waals surface area contributed by atoms with Crippen LogP contribution in [0.3, 0.4) is 0 Å². The van der Waals surface area contributed by atoms with Gasteiger partial charge in [-0.15, -0.1) is 0 Å². The first-order valence-electron chi connectivity index (χ1n) is 2.44. The van der Waals surface area contributed by atoms with E-state index in [0.717, 1.165) is 0 Å². The smallest absolute Gasteiger partial charge is 0.170 e. The van der Waals surface area contributed by atoms with Gasteiger partial charge in [-0.1, -0.05) is 0 Å². The van der Waals surface area contributed by atoms with Crippen molar-refractivity contribution in [1.82, 2.24) is 9.97 Å². The van der Waals surface area contributed by atoms with E-state index in [9.17, 15) is 0 Å². The largest absolute Gasteiger partial charge is 0.494 e. The van der Waals surface area contributed by atoms with Gasteiger partial charge in [-0.25, -0.2) is 9.97 Å². The zero-order valence-electron chi connectivity index (χ0n) is 5.03. The molecule has 2 radical (unpaired) electrons. The highest BCUT2D eigenvalue weighted by atomic mass is 16.5. The van der Waals surface area contributed by atoms with E-state index in [1.165, 1.54) is 12.4 Å². The zero-order valence-corrected chi connectivity index (χ0v) is 5.03. The monoisotopic (exact) mass is 120 g/mol. The van der Waals surface area contributed by atoms with Crippen LogP contribution in [0.1, 0.15) is 0 Å². The van der Waals surface area contributed by atoms with Gasteiger partial charge >= 0.3 is 0 Å². The fraction of sp³-hybridized carbons (Fsp3) is 0.200. The molecule has 1 aromatic rings. The molecule has 0 amide bonds. The molecule has 0 N–H and O–H groups in total. The molecule has 3 nitrogen and oxygen atoms in total. The van der Waals surface area contributed by atoms with E-state index in [4.69, 9.17) is 12.6 Å². The van der Waals surface area contributed by atoms with Crippen molar-refractivity contribution in [1.29, 1.82) is 0 Å². The molecular weight excluding hydrogens is 115 g/mol. The quantitative estimate of drug-likeness (QED) is 0.458. The van der Waals surface area contributed by atoms with Crippen LogP contribution in [0.15, 0.2) is 12.4 Å². The van der Waals surface area contributed by atoms with Crippen LogP contribution in [0.25, 0.3) is 0 Å². The number of aromatic nitrogens is 2. The van der Waals surface area contributed by atoms with Gasteiger partial charge < -0.3 is 4.74 Å². The van der Waals surface area contributed by atoms with Gasteiger partial charge in [-0.05, 0) is 0 Å². The minimum atomic E-state index is 0.260. The first-order valence-corrected chi connectivity index (χ1v) is 2.44. The number of rotatable bonds is 1. The number of ether oxygens (including phenoxy) is 1. The topological polar surface area (TPSA) is 35.0 Å². The molecule has 0 bridgehead atoms. The van der Waals surface area contributed by atoms with E-state index in [0.29, 0.717) is 5.75 Å². The lowest BCUT2D eigenvalue weighted by Crippen LogP contribution is -2.11. The van der Waals surface area contributed by atoms with E-state index in [1.54, 1.807) is 7.11 Å². The van der Waals surface area contributed by atoms with Gasteiger partial charge in [0.2, 0.25) is 0 Å². The van der Waals surface area contributed by atoms with Gasteiger partial charge in [0.05, 0.1) is 25.2 Å². The predicted octanol–water partition coefficient (Wildman–Crippen LogP) is -0.721. The van der Waals surface area contributed by atoms with Crippen molar-refractivity contribution < 1.29 is 4.74 Å². The second-order valence-corrected chi connectivity index (χ2v) is 1.48. The second-order valence-electron chi connectivity index (χ2n) is 1.48. The van der Waals surface area contributed by atoms with E-state index < -0.39 is 0 Å². The number of hydrogen-bond donors (Lipinski definition) is 0. The van der Waals surface area contributed by atoms with Gasteiger partial charge in [0.25, 0.3) is 0 Å². The maximum Gasteiger partial charge on any atom is 0.170 e. The highest BCUT2D eigenvalue weighted by Gasteiger charge is 1.88. The standard InChI is InChI=1S/C5H5BN2O/c1-9-4-2-7-5(6)8-3-4/h2-3H,1H3. The van der Waals surface area contributed by atoms with Crippen molar-refractivity contribution in [3.63, 3.8) is 0 Å². The molecule has 0 unspecified atom stereocenters. The van der Waals surface area contributed by atoms with Gasteiger partial charge in [0.15, 0.2) is 13.6 Å². The van der Waals surface area contributed by atoms with Crippen molar-refractivity contribution in [2.24, 2.45) is 0 Å². The molecule has 9 heavy (non-hydrogen) atoms. The fourth-order valence-electron chi connectivity index (χ4n) is 0.432. The molecule has 0 spiro atoms. The Labute approximate surface area is 54.5 Å². The second kappa shape index (κ2) is 2.48. The summed E-state index contributed by atoms with van der Waals surface area (Å²) < 4.78 is 4.79. The molecule has 1 heterocycles. The van der Waals surface area contributed by atoms with Gasteiger partial charge in [-0.3, -0.25) is 0 Å². The van der Waals surface area contributed by atoms with E-state index in [1.807, 2.05) is 0 Å². The molecule has 0 atom stereocenters. The summed E-state index contributed by atoms with van der Waals surface area (Å²) in [5.74, 6) is 0.615. The van der Waals surface area contributed by atoms with Crippen molar-refractivity contribution >= 4 is 13.6 Å². The summed E-state index contributed by atoms with van der Waals surface area (Å²) in [7, 11) is 6.75. The van der Waals surface area contributed by atoms with Crippen molar-refractivity contribution in [2.75, 3.05) is 7.11 Å². The molecule has 0 saturated carbocycles. The van der Waals surface area contributed by atoms with Crippen LogP contribution >= 0.6 is 0 Å². The van der Waals surface area contributed by atoms with Crippen LogP contribution in [0.5, 0.6) is 5.75 Å². The third kappa shape index (κ3) is 1.42. The molecule has 0 aliphatic carbocycles. The number of methoxy groups -OCH3 is 1. The van der Waals surface area contributed by atoms with Crippen molar-refractivity contribution in [3.8, 4) is 5.75 Å². The average molecular weight is 120 g/mol. The van der Waals surface area contributed by atoms with Gasteiger partial charge in [-0.2, -0.15) is 0 Å². The van der Waals surface area contributed by atoms with E-state index >= 15 is 0 Å². The first-order chi connectivity index (χ1) is 4.33. The molecule has 1 aromatic heterocycles. The van der Waals surface area contributed by atoms with E-state index in [2.05, 4.69) is 9.97 Å². The third-order valence-corrected chi connectivity index (χ3v) is 0.884. The Morgan fingerprint density at radius 1 is 1.44 bits per heavy atom. The maximum atomic E-state index is 5.20. The van der Waals surface area contributed by atoms with Crippen molar-refractivity contribution in [2.45, 2.75) is 0 Å². The summed E-state index contributed by atoms with van der Waals surface area (Å²) in [6.45, 7) is 0. The summed E-state index contributed by atoms with van der Waals surface area (Å²) in [6.07, 6.45) is 3.03. The molecule has 0 aromatic carbocycles. The highest BCUT2D eigenvalue weighted by Crippen LogP contribution is 1.99. The Kier molecular flexibility index (Phi) is 1.67. The molecule has 44 valence electrons. The SMILES string of the molecule is [B]c1ncc(OC)cn1. The Bertz CT molecular complexity index is 187. The minimum Gasteiger partial charge on any atom is -0.494 e. The molecular formula is C5H5BN2O. The van der Waals surface area contributed by atoms with Crippen LogP contribution in [0.4, 0.5) is 0 Å². The number of nitrogens with zero attached hydrogens (tertiary/aromatic N) is 2. The van der Waals surface area contributed by atoms with E-state index in [-0.39, 0.29) is 5.72 Å². The zero-order chi connectivity index (χ0) is 6.69. The Morgan fingerprint density at radius 2 is 2.00 bits per heavy atom. The average Bonchev–Trinajstić information content (AvgIpc) is 1.90. The van der Waals surface area contributed by atoms with Crippen LogP contribution in [-0.2, 0) is 0 Å². The summed E-state index contributed by atoms with van der Waals surface area (Å²) in [5, 5.41) is 0. The first kappa shape index (κ1) is 6.07. The normalized spacial score (nSPS) is 9.00. The van der Waals surface area contributed by atoms with Crippen LogP contribution < -0.4 is 10.5 Å². The maximum absolute atomic E-state index is 5.20. The Hall–Kier alpha value is -1.06. The molecule has 0 aliphatic rings. The van der Waals surface area contributed by atoms with Crippen molar-refractivity contribution in [3.05, 3.63) is 12.4 Å². The Morgan fingerprint density at radius 3 is 2.44 bits per heavy atom. The predicted molar refractivity (Wildman–Crippen MR) is 34.0 cm³/mol. The molecule has 4 heteroatoms. The third-order valence-electron chi connectivity index (χ3n) is 0.884. The van der Waals surface area contributed by atoms with Crippen LogP contribution in [0.2, 0.25) is 0 Å². The lowest BCUT2D eigenvalue weighted by molar-refractivity contribution is 0.411. The van der Waals surface area contributed by atoms with Gasteiger partial charge in [0.1, 0.15) is 0 Å². The summed E-state index contributed by atoms with van der Waals surface area (Å²) >= 11 is 0. The lowest BCUT2D eigenvalue weighted by atomic mass is 10.1. The summed E-state index contributed by atoms with van der Waals surface area (Å²) in [6, 6.07) is 0. The van der Waals surface area contributed by atoms with Gasteiger partial charge in [0, 0.05) is 0 Å². The Balaban J connectivity index is 2.88. The lowest BCUT2D eigenvalue weighted by Gasteiger charge is -1.95. The van der Waals surface area contributed by atoms with Crippen LogP contribution in [0, 0.1) is 0 Å². The molecule has 1 rings (SSSR count). The molecule has 0 fully saturated rings. The number of hydrogen-bond acceptors (Lipinski definition) is 3. The van der Waals surface area contributed by atoms with Crippen LogP contribution in [-0.4, -0.2) is 24.9 Å². The highest BCUT2D eigenvalue weighted by molar-refractivity contribution is 6.28.